The number of nitrogen functional groups attached to an aromatic ring is 1. The normalized spacial score (nSPS) is 14.2. The van der Waals surface area contributed by atoms with Gasteiger partial charge in [0.2, 0.25) is 10.0 Å². The van der Waals surface area contributed by atoms with Crippen molar-refractivity contribution in [3.8, 4) is 0 Å². The largest absolute Gasteiger partial charge is 0.398 e. The Hall–Kier alpha value is -0.700. The molecule has 21 heavy (non-hydrogen) atoms. The highest BCUT2D eigenvalue weighted by atomic mass is 79.9. The van der Waals surface area contributed by atoms with Crippen molar-refractivity contribution in [2.24, 2.45) is 5.41 Å². The SMILES string of the molecule is CC(C)(C)CC(O)CNS(=O)(=O)c1cc(Br)c(F)cc1N. The summed E-state index contributed by atoms with van der Waals surface area (Å²) in [5.74, 6) is -0.640. The highest BCUT2D eigenvalue weighted by molar-refractivity contribution is 9.10. The van der Waals surface area contributed by atoms with E-state index in [0.29, 0.717) is 6.42 Å². The fourth-order valence-corrected chi connectivity index (χ4v) is 3.54. The summed E-state index contributed by atoms with van der Waals surface area (Å²) in [5.41, 5.74) is 5.23. The van der Waals surface area contributed by atoms with Crippen LogP contribution in [-0.4, -0.2) is 26.2 Å². The molecule has 0 aromatic heterocycles. The van der Waals surface area contributed by atoms with E-state index in [1.54, 1.807) is 0 Å². The molecule has 0 amide bonds. The molecular weight excluding hydrogens is 363 g/mol. The smallest absolute Gasteiger partial charge is 0.242 e. The first-order valence-corrected chi connectivity index (χ1v) is 8.62. The number of anilines is 1. The lowest BCUT2D eigenvalue weighted by Crippen LogP contribution is -2.34. The van der Waals surface area contributed by atoms with Crippen LogP contribution in [0.1, 0.15) is 27.2 Å². The standard InChI is InChI=1S/C13H20BrFN2O3S/c1-13(2,3)6-8(18)7-17-21(19,20)12-4-9(14)10(15)5-11(12)16/h4-5,8,17-18H,6-7,16H2,1-3H3. The maximum absolute atomic E-state index is 13.3. The van der Waals surface area contributed by atoms with Crippen LogP contribution in [0.3, 0.4) is 0 Å². The van der Waals surface area contributed by atoms with E-state index >= 15 is 0 Å². The molecule has 0 bridgehead atoms. The number of hydrogen-bond donors (Lipinski definition) is 3. The minimum atomic E-state index is -3.91. The Bertz CT molecular complexity index is 615. The molecule has 1 unspecified atom stereocenters. The van der Waals surface area contributed by atoms with Crippen LogP contribution in [0.4, 0.5) is 10.1 Å². The summed E-state index contributed by atoms with van der Waals surface area (Å²) in [7, 11) is -3.91. The van der Waals surface area contributed by atoms with Crippen LogP contribution in [0.25, 0.3) is 0 Å². The first-order chi connectivity index (χ1) is 9.42. The summed E-state index contributed by atoms with van der Waals surface area (Å²) < 4.78 is 39.8. The number of sulfonamides is 1. The number of rotatable bonds is 5. The first-order valence-electron chi connectivity index (χ1n) is 6.34. The van der Waals surface area contributed by atoms with Crippen LogP contribution < -0.4 is 10.5 Å². The lowest BCUT2D eigenvalue weighted by atomic mass is 9.89. The van der Waals surface area contributed by atoms with E-state index in [9.17, 15) is 17.9 Å². The summed E-state index contributed by atoms with van der Waals surface area (Å²) in [6, 6.07) is 2.04. The minimum Gasteiger partial charge on any atom is -0.398 e. The lowest BCUT2D eigenvalue weighted by Gasteiger charge is -2.22. The summed E-state index contributed by atoms with van der Waals surface area (Å²) >= 11 is 2.92. The summed E-state index contributed by atoms with van der Waals surface area (Å²) in [6.07, 6.45) is -0.372. The molecule has 120 valence electrons. The van der Waals surface area contributed by atoms with Crippen molar-refractivity contribution in [3.63, 3.8) is 0 Å². The van der Waals surface area contributed by atoms with Crippen LogP contribution in [0.5, 0.6) is 0 Å². The second kappa shape index (κ2) is 6.60. The quantitative estimate of drug-likeness (QED) is 0.680. The maximum atomic E-state index is 13.3. The van der Waals surface area contributed by atoms with E-state index in [0.717, 1.165) is 12.1 Å². The van der Waals surface area contributed by atoms with Gasteiger partial charge < -0.3 is 10.8 Å². The van der Waals surface area contributed by atoms with Crippen molar-refractivity contribution in [2.75, 3.05) is 12.3 Å². The molecule has 1 rings (SSSR count). The monoisotopic (exact) mass is 382 g/mol. The second-order valence-electron chi connectivity index (χ2n) is 6.07. The Morgan fingerprint density at radius 3 is 2.52 bits per heavy atom. The lowest BCUT2D eigenvalue weighted by molar-refractivity contribution is 0.125. The summed E-state index contributed by atoms with van der Waals surface area (Å²) in [4.78, 5) is -0.223. The Balaban J connectivity index is 2.86. The van der Waals surface area contributed by atoms with E-state index < -0.39 is 21.9 Å². The topological polar surface area (TPSA) is 92.4 Å². The summed E-state index contributed by atoms with van der Waals surface area (Å²) in [6.45, 7) is 5.70. The molecule has 5 nitrogen and oxygen atoms in total. The van der Waals surface area contributed by atoms with Crippen LogP contribution in [0.2, 0.25) is 0 Å². The van der Waals surface area contributed by atoms with Gasteiger partial charge in [-0.1, -0.05) is 20.8 Å². The van der Waals surface area contributed by atoms with Gasteiger partial charge in [0.05, 0.1) is 16.3 Å². The van der Waals surface area contributed by atoms with Gasteiger partial charge >= 0.3 is 0 Å². The van der Waals surface area contributed by atoms with Crippen molar-refractivity contribution in [1.29, 1.82) is 0 Å². The molecule has 0 radical (unpaired) electrons. The molecule has 0 aliphatic heterocycles. The number of aliphatic hydroxyl groups excluding tert-OH is 1. The Labute approximate surface area is 132 Å². The highest BCUT2D eigenvalue weighted by Crippen LogP contribution is 2.26. The van der Waals surface area contributed by atoms with Gasteiger partial charge in [-0.15, -0.1) is 0 Å². The van der Waals surface area contributed by atoms with Crippen molar-refractivity contribution in [3.05, 3.63) is 22.4 Å². The van der Waals surface area contributed by atoms with Crippen molar-refractivity contribution < 1.29 is 17.9 Å². The molecule has 1 aromatic carbocycles. The van der Waals surface area contributed by atoms with Crippen LogP contribution in [-0.2, 0) is 10.0 Å². The predicted octanol–water partition coefficient (Wildman–Crippen LogP) is 2.25. The van der Waals surface area contributed by atoms with Gasteiger partial charge in [0.25, 0.3) is 0 Å². The van der Waals surface area contributed by atoms with E-state index in [-0.39, 0.29) is 27.0 Å². The Morgan fingerprint density at radius 1 is 1.43 bits per heavy atom. The summed E-state index contributed by atoms with van der Waals surface area (Å²) in [5, 5.41) is 9.84. The third-order valence-electron chi connectivity index (χ3n) is 2.70. The molecular formula is C13H20BrFN2O3S. The van der Waals surface area contributed by atoms with Gasteiger partial charge in [-0.3, -0.25) is 0 Å². The maximum Gasteiger partial charge on any atom is 0.242 e. The molecule has 0 saturated heterocycles. The van der Waals surface area contributed by atoms with Gasteiger partial charge in [0, 0.05) is 6.54 Å². The van der Waals surface area contributed by atoms with Gasteiger partial charge in [-0.05, 0) is 39.9 Å². The highest BCUT2D eigenvalue weighted by Gasteiger charge is 2.22. The van der Waals surface area contributed by atoms with Gasteiger partial charge in [-0.25, -0.2) is 17.5 Å². The third-order valence-corrected chi connectivity index (χ3v) is 4.79. The molecule has 0 heterocycles. The molecule has 0 spiro atoms. The fourth-order valence-electron chi connectivity index (χ4n) is 1.84. The van der Waals surface area contributed by atoms with Crippen molar-refractivity contribution in [2.45, 2.75) is 38.2 Å². The van der Waals surface area contributed by atoms with Gasteiger partial charge in [0.15, 0.2) is 0 Å². The third kappa shape index (κ3) is 5.54. The van der Waals surface area contributed by atoms with Crippen LogP contribution in [0.15, 0.2) is 21.5 Å². The van der Waals surface area contributed by atoms with E-state index in [2.05, 4.69) is 20.7 Å². The molecule has 4 N–H and O–H groups in total. The Kier molecular flexibility index (Phi) is 5.76. The Morgan fingerprint density at radius 2 is 2.00 bits per heavy atom. The predicted molar refractivity (Wildman–Crippen MR) is 83.8 cm³/mol. The molecule has 1 aromatic rings. The molecule has 0 fully saturated rings. The molecule has 0 saturated carbocycles. The van der Waals surface area contributed by atoms with Gasteiger partial charge in [0.1, 0.15) is 10.7 Å². The van der Waals surface area contributed by atoms with E-state index in [1.807, 2.05) is 20.8 Å². The second-order valence-corrected chi connectivity index (χ2v) is 8.66. The van der Waals surface area contributed by atoms with Crippen LogP contribution in [0, 0.1) is 11.2 Å². The first kappa shape index (κ1) is 18.3. The van der Waals surface area contributed by atoms with E-state index in [4.69, 9.17) is 5.73 Å². The fraction of sp³-hybridized carbons (Fsp3) is 0.538. The number of halogens is 2. The molecule has 0 aliphatic carbocycles. The number of aliphatic hydroxyl groups is 1. The molecule has 8 heteroatoms. The number of hydrogen-bond acceptors (Lipinski definition) is 4. The zero-order valence-corrected chi connectivity index (χ0v) is 14.6. The molecule has 0 aliphatic rings. The van der Waals surface area contributed by atoms with Crippen LogP contribution >= 0.6 is 15.9 Å². The zero-order chi connectivity index (χ0) is 16.4. The number of nitrogens with two attached hydrogens (primary N) is 1. The van der Waals surface area contributed by atoms with E-state index in [1.165, 1.54) is 0 Å². The minimum absolute atomic E-state index is 0.00677. The van der Waals surface area contributed by atoms with Gasteiger partial charge in [-0.2, -0.15) is 0 Å². The van der Waals surface area contributed by atoms with Crippen molar-refractivity contribution in [1.82, 2.24) is 4.72 Å². The average Bonchev–Trinajstić information content (AvgIpc) is 2.29. The molecule has 1 atom stereocenters. The number of benzene rings is 1. The zero-order valence-electron chi connectivity index (χ0n) is 12.2. The number of nitrogens with one attached hydrogen (secondary N) is 1. The van der Waals surface area contributed by atoms with Crippen molar-refractivity contribution >= 4 is 31.6 Å². The average molecular weight is 383 g/mol.